The summed E-state index contributed by atoms with van der Waals surface area (Å²) < 4.78 is 10.5. The van der Waals surface area contributed by atoms with Crippen LogP contribution in [-0.4, -0.2) is 38.7 Å². The first-order chi connectivity index (χ1) is 22.5. The van der Waals surface area contributed by atoms with E-state index in [0.717, 1.165) is 86.7 Å². The number of unbranched alkanes of at least 4 members (excludes halogenated alkanes) is 3. The molecule has 0 unspecified atom stereocenters. The van der Waals surface area contributed by atoms with Crippen LogP contribution in [0.15, 0.2) is 79.1 Å². The van der Waals surface area contributed by atoms with Crippen LogP contribution < -0.4 is 4.74 Å². The van der Waals surface area contributed by atoms with Gasteiger partial charge in [-0.05, 0) is 130 Å². The number of benzene rings is 3. The molecule has 2 aromatic heterocycles. The minimum Gasteiger partial charge on any atom is -0.457 e. The molecule has 1 saturated heterocycles. The number of nitrogens with zero attached hydrogens (tertiary/aromatic N) is 5. The highest BCUT2D eigenvalue weighted by atomic mass is 35.5. The summed E-state index contributed by atoms with van der Waals surface area (Å²) in [5, 5.41) is 11.3. The number of imidazole rings is 1. The number of nitriles is 1. The zero-order valence-corrected chi connectivity index (χ0v) is 27.8. The summed E-state index contributed by atoms with van der Waals surface area (Å²) in [4.78, 5) is 7.86. The molecule has 0 spiro atoms. The fourth-order valence-electron chi connectivity index (χ4n) is 6.73. The molecule has 1 fully saturated rings. The Morgan fingerprint density at radius 1 is 0.891 bits per heavy atom. The highest BCUT2D eigenvalue weighted by molar-refractivity contribution is 6.30. The van der Waals surface area contributed by atoms with Gasteiger partial charge in [0.25, 0.3) is 0 Å². The minimum absolute atomic E-state index is 0.500. The van der Waals surface area contributed by atoms with E-state index in [1.165, 1.54) is 41.4 Å². The Morgan fingerprint density at radius 2 is 1.61 bits per heavy atom. The summed E-state index contributed by atoms with van der Waals surface area (Å²) in [6.45, 7) is 5.64. The van der Waals surface area contributed by atoms with Gasteiger partial charge in [0.2, 0.25) is 0 Å². The zero-order chi connectivity index (χ0) is 31.9. The van der Waals surface area contributed by atoms with Gasteiger partial charge in [-0.3, -0.25) is 0 Å². The quantitative estimate of drug-likeness (QED) is 0.121. The molecule has 0 saturated carbocycles. The van der Waals surface area contributed by atoms with Crippen molar-refractivity contribution in [1.82, 2.24) is 19.0 Å². The van der Waals surface area contributed by atoms with E-state index in [1.807, 2.05) is 48.5 Å². The van der Waals surface area contributed by atoms with Crippen molar-refractivity contribution in [3.05, 3.63) is 107 Å². The molecule has 5 aromatic rings. The Morgan fingerprint density at radius 3 is 2.33 bits per heavy atom. The summed E-state index contributed by atoms with van der Waals surface area (Å²) in [5.41, 5.74) is 5.65. The first-order valence-corrected chi connectivity index (χ1v) is 17.2. The lowest BCUT2D eigenvalue weighted by Gasteiger charge is -2.31. The third-order valence-corrected chi connectivity index (χ3v) is 9.60. The molecule has 238 valence electrons. The van der Waals surface area contributed by atoms with Gasteiger partial charge in [-0.15, -0.1) is 0 Å². The van der Waals surface area contributed by atoms with Crippen LogP contribution in [0.1, 0.15) is 80.4 Å². The van der Waals surface area contributed by atoms with Crippen LogP contribution in [0.4, 0.5) is 0 Å². The van der Waals surface area contributed by atoms with Crippen LogP contribution in [0.5, 0.6) is 11.5 Å². The Kier molecular flexibility index (Phi) is 10.4. The lowest BCUT2D eigenvalue weighted by atomic mass is 9.94. The van der Waals surface area contributed by atoms with Crippen molar-refractivity contribution >= 4 is 22.5 Å². The average molecular weight is 634 g/mol. The Hall–Kier alpha value is -4.05. The standard InChI is InChI=1S/C39H44ClN5O/c1-3-4-5-9-39-42-37(28-45(39)33-13-17-35(18-14-33)46-34-15-11-32(40)12-16-34)30-20-23-44(24-21-30)22-7-6-8-31-27-43(2)38-19-10-29(26-41)25-36(31)38/h10-19,25,27-28,30H,3-9,20-24H2,1-2H3. The molecule has 6 rings (SSSR count). The molecule has 0 radical (unpaired) electrons. The fourth-order valence-corrected chi connectivity index (χ4v) is 6.85. The molecular weight excluding hydrogens is 590 g/mol. The van der Waals surface area contributed by atoms with Crippen LogP contribution in [0.25, 0.3) is 16.6 Å². The predicted molar refractivity (Wildman–Crippen MR) is 187 cm³/mol. The molecule has 1 aliphatic heterocycles. The first kappa shape index (κ1) is 31.9. The second-order valence-electron chi connectivity index (χ2n) is 12.6. The number of rotatable bonds is 13. The Balaban J connectivity index is 1.04. The molecule has 0 N–H and O–H groups in total. The summed E-state index contributed by atoms with van der Waals surface area (Å²) in [7, 11) is 2.09. The van der Waals surface area contributed by atoms with Gasteiger partial charge in [0.15, 0.2) is 0 Å². The summed E-state index contributed by atoms with van der Waals surface area (Å²) in [6, 6.07) is 24.1. The Labute approximate surface area is 278 Å². The number of likely N-dealkylation sites (tertiary alicyclic amines) is 1. The minimum atomic E-state index is 0.500. The maximum absolute atomic E-state index is 9.34. The molecule has 0 atom stereocenters. The van der Waals surface area contributed by atoms with Crippen molar-refractivity contribution in [2.45, 2.75) is 70.6 Å². The van der Waals surface area contributed by atoms with Crippen molar-refractivity contribution < 1.29 is 4.74 Å². The largest absolute Gasteiger partial charge is 0.457 e. The third-order valence-electron chi connectivity index (χ3n) is 9.34. The molecular formula is C39H44ClN5O. The smallest absolute Gasteiger partial charge is 0.127 e. The van der Waals surface area contributed by atoms with Crippen molar-refractivity contribution in [2.24, 2.45) is 7.05 Å². The predicted octanol–water partition coefficient (Wildman–Crippen LogP) is 9.62. The fraction of sp³-hybridized carbons (Fsp3) is 0.385. The molecule has 0 aliphatic carbocycles. The number of hydrogen-bond donors (Lipinski definition) is 0. The van der Waals surface area contributed by atoms with Crippen molar-refractivity contribution in [1.29, 1.82) is 5.26 Å². The zero-order valence-electron chi connectivity index (χ0n) is 27.1. The van der Waals surface area contributed by atoms with Gasteiger partial charge < -0.3 is 18.8 Å². The van der Waals surface area contributed by atoms with E-state index in [4.69, 9.17) is 21.3 Å². The van der Waals surface area contributed by atoms with Gasteiger partial charge in [-0.1, -0.05) is 31.4 Å². The van der Waals surface area contributed by atoms with Crippen molar-refractivity contribution in [2.75, 3.05) is 19.6 Å². The molecule has 3 aromatic carbocycles. The van der Waals surface area contributed by atoms with Gasteiger partial charge in [0.05, 0.1) is 17.3 Å². The summed E-state index contributed by atoms with van der Waals surface area (Å²) in [5.74, 6) is 3.23. The first-order valence-electron chi connectivity index (χ1n) is 16.8. The molecule has 1 aliphatic rings. The van der Waals surface area contributed by atoms with Crippen LogP contribution in [0.2, 0.25) is 5.02 Å². The van der Waals surface area contributed by atoms with E-state index in [9.17, 15) is 5.26 Å². The number of fused-ring (bicyclic) bond motifs is 1. The van der Waals surface area contributed by atoms with E-state index < -0.39 is 0 Å². The normalized spacial score (nSPS) is 14.1. The highest BCUT2D eigenvalue weighted by Gasteiger charge is 2.24. The molecule has 0 bridgehead atoms. The van der Waals surface area contributed by atoms with E-state index in [1.54, 1.807) is 0 Å². The summed E-state index contributed by atoms with van der Waals surface area (Å²) >= 11 is 6.02. The van der Waals surface area contributed by atoms with Crippen LogP contribution in [-0.2, 0) is 19.9 Å². The maximum atomic E-state index is 9.34. The van der Waals surface area contributed by atoms with E-state index in [0.29, 0.717) is 10.9 Å². The van der Waals surface area contributed by atoms with Crippen LogP contribution >= 0.6 is 11.6 Å². The van der Waals surface area contributed by atoms with E-state index in [2.05, 4.69) is 64.7 Å². The lowest BCUT2D eigenvalue weighted by Crippen LogP contribution is -2.33. The number of hydrogen-bond acceptors (Lipinski definition) is 4. The topological polar surface area (TPSA) is 59.0 Å². The van der Waals surface area contributed by atoms with Gasteiger partial charge in [0.1, 0.15) is 17.3 Å². The molecule has 6 nitrogen and oxygen atoms in total. The molecule has 7 heteroatoms. The van der Waals surface area contributed by atoms with Crippen LogP contribution in [0, 0.1) is 11.3 Å². The third kappa shape index (κ3) is 7.66. The SMILES string of the molecule is CCCCCc1nc(C2CCN(CCCCc3cn(C)c4ccc(C#N)cc34)CC2)cn1-c1ccc(Oc2ccc(Cl)cc2)cc1. The van der Waals surface area contributed by atoms with E-state index >= 15 is 0 Å². The number of aryl methyl sites for hydroxylation is 3. The maximum Gasteiger partial charge on any atom is 0.127 e. The monoisotopic (exact) mass is 633 g/mol. The van der Waals surface area contributed by atoms with Gasteiger partial charge in [0, 0.05) is 53.4 Å². The Bertz CT molecular complexity index is 1770. The summed E-state index contributed by atoms with van der Waals surface area (Å²) in [6.07, 6.45) is 14.8. The lowest BCUT2D eigenvalue weighted by molar-refractivity contribution is 0.207. The second-order valence-corrected chi connectivity index (χ2v) is 13.1. The average Bonchev–Trinajstić information content (AvgIpc) is 3.65. The van der Waals surface area contributed by atoms with Gasteiger partial charge in [-0.25, -0.2) is 4.98 Å². The molecule has 0 amide bonds. The number of piperidine rings is 1. The number of ether oxygens (including phenoxy) is 1. The van der Waals surface area contributed by atoms with Crippen molar-refractivity contribution in [3.8, 4) is 23.3 Å². The van der Waals surface area contributed by atoms with Crippen LogP contribution in [0.3, 0.4) is 0 Å². The van der Waals surface area contributed by atoms with Gasteiger partial charge in [-0.2, -0.15) is 5.26 Å². The number of halogens is 1. The van der Waals surface area contributed by atoms with Gasteiger partial charge >= 0.3 is 0 Å². The molecule has 46 heavy (non-hydrogen) atoms. The van der Waals surface area contributed by atoms with E-state index in [-0.39, 0.29) is 0 Å². The highest BCUT2D eigenvalue weighted by Crippen LogP contribution is 2.31. The second kappa shape index (κ2) is 15.0. The number of aromatic nitrogens is 3. The van der Waals surface area contributed by atoms with Crippen molar-refractivity contribution in [3.63, 3.8) is 0 Å². The molecule has 3 heterocycles.